The molecule has 7 aromatic carbocycles. The Kier molecular flexibility index (Phi) is 4.46. The molecule has 0 amide bonds. The lowest BCUT2D eigenvalue weighted by Crippen LogP contribution is -2.60. The summed E-state index contributed by atoms with van der Waals surface area (Å²) in [5.41, 5.74) is 14.2. The zero-order valence-corrected chi connectivity index (χ0v) is 26.8. The van der Waals surface area contributed by atoms with Crippen LogP contribution in [0.3, 0.4) is 0 Å². The van der Waals surface area contributed by atoms with E-state index < -0.39 is 6.85 Å². The van der Waals surface area contributed by atoms with Crippen molar-refractivity contribution in [2.45, 2.75) is 6.85 Å². The second-order valence-electron chi connectivity index (χ2n) is 13.5. The van der Waals surface area contributed by atoms with Gasteiger partial charge in [0.2, 0.25) is 0 Å². The molecule has 5 heteroatoms. The average Bonchev–Trinajstić information content (AvgIpc) is 3.85. The average molecular weight is 641 g/mol. The van der Waals surface area contributed by atoms with Crippen molar-refractivity contribution in [1.29, 1.82) is 0 Å². The van der Waals surface area contributed by atoms with E-state index in [1.54, 1.807) is 12.1 Å². The van der Waals surface area contributed by atoms with E-state index in [2.05, 4.69) is 129 Å². The van der Waals surface area contributed by atoms with Crippen LogP contribution in [-0.4, -0.2) is 15.8 Å². The maximum Gasteiger partial charge on any atom is 0.297 e. The van der Waals surface area contributed by atoms with E-state index in [9.17, 15) is 0 Å². The summed E-state index contributed by atoms with van der Waals surface area (Å²) in [6.07, 6.45) is 0. The Morgan fingerprint density at radius 3 is 2.06 bits per heavy atom. The molecule has 5 heterocycles. The molecule has 3 aromatic heterocycles. The first-order chi connectivity index (χ1) is 26.0. The summed E-state index contributed by atoms with van der Waals surface area (Å²) in [5.74, 6) is 0. The van der Waals surface area contributed by atoms with Crippen molar-refractivity contribution in [3.05, 3.63) is 157 Å². The van der Waals surface area contributed by atoms with E-state index >= 15 is 0 Å². The van der Waals surface area contributed by atoms with Crippen molar-refractivity contribution in [3.8, 4) is 11.4 Å². The van der Waals surface area contributed by atoms with E-state index in [4.69, 9.17) is 8.53 Å². The minimum absolute atomic E-state index is 0.223. The van der Waals surface area contributed by atoms with Crippen molar-refractivity contribution in [2.75, 3.05) is 4.90 Å². The minimum atomic E-state index is -2.19. The third-order valence-electron chi connectivity index (χ3n) is 11.0. The van der Waals surface area contributed by atoms with Gasteiger partial charge in [-0.2, -0.15) is 0 Å². The Morgan fingerprint density at radius 1 is 0.540 bits per heavy atom. The van der Waals surface area contributed by atoms with Crippen LogP contribution < -0.4 is 21.5 Å². The standard InChI is InChI=1S/C45H28BN3O/c1-27-22-24-29(25-23-27)48-36-19-11-20-37-41(36)46(45-44(48)32-16-7-10-21-39(32)50-45)42-40-31-15-6-9-18-35(31)47(28-12-3-2-4-13-28)38(40)26-33-30-14-5-8-17-34(30)49(37)43(33)42/h2-26H,1H3/i1D3. The molecule has 0 aliphatic carbocycles. The van der Waals surface area contributed by atoms with Crippen LogP contribution in [0.25, 0.3) is 66.0 Å². The molecule has 0 unspecified atom stereocenters. The number of fused-ring (bicyclic) bond motifs is 13. The lowest BCUT2D eigenvalue weighted by atomic mass is 9.35. The van der Waals surface area contributed by atoms with Crippen LogP contribution in [0.1, 0.15) is 9.68 Å². The molecule has 12 rings (SSSR count). The van der Waals surface area contributed by atoms with Crippen LogP contribution in [0.2, 0.25) is 0 Å². The van der Waals surface area contributed by atoms with E-state index in [1.807, 2.05) is 24.3 Å². The van der Waals surface area contributed by atoms with Gasteiger partial charge in [0, 0.05) is 53.8 Å². The molecule has 232 valence electrons. The van der Waals surface area contributed by atoms with Crippen LogP contribution in [0, 0.1) is 6.85 Å². The van der Waals surface area contributed by atoms with Gasteiger partial charge in [-0.25, -0.2) is 0 Å². The summed E-state index contributed by atoms with van der Waals surface area (Å²) in [6.45, 7) is -2.42. The van der Waals surface area contributed by atoms with Gasteiger partial charge in [0.25, 0.3) is 6.71 Å². The van der Waals surface area contributed by atoms with Crippen molar-refractivity contribution < 1.29 is 8.53 Å². The summed E-state index contributed by atoms with van der Waals surface area (Å²) in [7, 11) is 0. The van der Waals surface area contributed by atoms with Gasteiger partial charge in [-0.15, -0.1) is 0 Å². The molecule has 0 saturated heterocycles. The maximum absolute atomic E-state index is 8.05. The molecule has 2 aliphatic rings. The molecule has 0 saturated carbocycles. The first-order valence-electron chi connectivity index (χ1n) is 18.6. The predicted octanol–water partition coefficient (Wildman–Crippen LogP) is 9.55. The number of hydrogen-bond acceptors (Lipinski definition) is 2. The molecule has 0 spiro atoms. The number of aromatic nitrogens is 2. The van der Waals surface area contributed by atoms with Gasteiger partial charge < -0.3 is 18.5 Å². The fourth-order valence-electron chi connectivity index (χ4n) is 9.11. The minimum Gasteiger partial charge on any atom is -0.468 e. The van der Waals surface area contributed by atoms with Crippen molar-refractivity contribution in [2.24, 2.45) is 0 Å². The topological polar surface area (TPSA) is 26.2 Å². The quantitative estimate of drug-likeness (QED) is 0.176. The fraction of sp³-hybridized carbons (Fsp3) is 0.0222. The summed E-state index contributed by atoms with van der Waals surface area (Å²) >= 11 is 0. The highest BCUT2D eigenvalue weighted by molar-refractivity contribution is 7.01. The highest BCUT2D eigenvalue weighted by atomic mass is 16.3. The number of nitrogens with zero attached hydrogens (tertiary/aromatic N) is 3. The van der Waals surface area contributed by atoms with E-state index in [0.29, 0.717) is 5.56 Å². The lowest BCUT2D eigenvalue weighted by Gasteiger charge is -2.38. The first-order valence-corrected chi connectivity index (χ1v) is 17.1. The number of para-hydroxylation sites is 4. The molecule has 0 radical (unpaired) electrons. The second kappa shape index (κ2) is 9.37. The second-order valence-corrected chi connectivity index (χ2v) is 13.5. The Bertz CT molecular complexity index is 3170. The molecular weight excluding hydrogens is 609 g/mol. The first kappa shape index (κ1) is 23.8. The van der Waals surface area contributed by atoms with Crippen molar-refractivity contribution in [3.63, 3.8) is 0 Å². The molecule has 50 heavy (non-hydrogen) atoms. The third kappa shape index (κ3) is 3.18. The van der Waals surface area contributed by atoms with Crippen molar-refractivity contribution in [1.82, 2.24) is 9.13 Å². The van der Waals surface area contributed by atoms with E-state index in [-0.39, 0.29) is 6.71 Å². The smallest absolute Gasteiger partial charge is 0.297 e. The predicted molar refractivity (Wildman–Crippen MR) is 209 cm³/mol. The molecule has 4 nitrogen and oxygen atoms in total. The largest absolute Gasteiger partial charge is 0.468 e. The van der Waals surface area contributed by atoms with Gasteiger partial charge in [0.15, 0.2) is 0 Å². The molecule has 0 atom stereocenters. The molecule has 0 fully saturated rings. The number of anilines is 3. The van der Waals surface area contributed by atoms with Crippen LogP contribution in [0.4, 0.5) is 17.1 Å². The number of hydrogen-bond donors (Lipinski definition) is 0. The van der Waals surface area contributed by atoms with Gasteiger partial charge >= 0.3 is 0 Å². The van der Waals surface area contributed by atoms with E-state index in [1.165, 1.54) is 32.5 Å². The van der Waals surface area contributed by atoms with Gasteiger partial charge in [-0.05, 0) is 84.5 Å². The number of benzene rings is 7. The Morgan fingerprint density at radius 2 is 1.24 bits per heavy atom. The van der Waals surface area contributed by atoms with Crippen LogP contribution in [0.5, 0.6) is 0 Å². The Hall–Kier alpha value is -6.46. The highest BCUT2D eigenvalue weighted by Crippen LogP contribution is 2.46. The van der Waals surface area contributed by atoms with Crippen molar-refractivity contribution >= 4 is 94.9 Å². The molecule has 0 N–H and O–H groups in total. The molecule has 10 aromatic rings. The lowest BCUT2D eigenvalue weighted by molar-refractivity contribution is 0.651. The normalized spacial score (nSPS) is 14.4. The zero-order chi connectivity index (χ0) is 35.2. The summed E-state index contributed by atoms with van der Waals surface area (Å²) in [4.78, 5) is 2.28. The summed E-state index contributed by atoms with van der Waals surface area (Å²) in [5, 5.41) is 5.84. The maximum atomic E-state index is 8.05. The molecule has 2 aliphatic heterocycles. The third-order valence-corrected chi connectivity index (χ3v) is 11.0. The Labute approximate surface area is 292 Å². The van der Waals surface area contributed by atoms with Crippen LogP contribution in [-0.2, 0) is 0 Å². The number of aryl methyl sites for hydroxylation is 1. The Balaban J connectivity index is 1.29. The summed E-state index contributed by atoms with van der Waals surface area (Å²) < 4.78 is 36.1. The molecule has 0 bridgehead atoms. The van der Waals surface area contributed by atoms with E-state index in [0.717, 1.165) is 67.1 Å². The van der Waals surface area contributed by atoms with Gasteiger partial charge in [-0.1, -0.05) is 90.5 Å². The fourth-order valence-corrected chi connectivity index (χ4v) is 9.11. The number of furan rings is 1. The van der Waals surface area contributed by atoms with Gasteiger partial charge in [0.1, 0.15) is 5.58 Å². The van der Waals surface area contributed by atoms with Crippen LogP contribution >= 0.6 is 0 Å². The van der Waals surface area contributed by atoms with Gasteiger partial charge in [-0.3, -0.25) is 0 Å². The van der Waals surface area contributed by atoms with Crippen LogP contribution in [0.15, 0.2) is 156 Å². The molecular formula is C45H28BN3O. The highest BCUT2D eigenvalue weighted by Gasteiger charge is 2.46. The monoisotopic (exact) mass is 640 g/mol. The number of rotatable bonds is 2. The zero-order valence-electron chi connectivity index (χ0n) is 29.8. The van der Waals surface area contributed by atoms with Gasteiger partial charge in [0.05, 0.1) is 33.4 Å². The SMILES string of the molecule is [2H]C([2H])([2H])c1ccc(N2c3cccc4c3B(c3oc5ccccc5c32)c2c3c5ccccc5n(-c5ccccc5)c3cc3c5ccccc5n-4c23)cc1. The summed E-state index contributed by atoms with van der Waals surface area (Å²) in [6, 6.07) is 52.7.